The fraction of sp³-hybridized carbons (Fsp3) is 0.857. The van der Waals surface area contributed by atoms with E-state index in [0.29, 0.717) is 12.5 Å². The summed E-state index contributed by atoms with van der Waals surface area (Å²) in [6.45, 7) is 8.72. The van der Waals surface area contributed by atoms with E-state index in [4.69, 9.17) is 4.74 Å². The van der Waals surface area contributed by atoms with Crippen molar-refractivity contribution in [2.75, 3.05) is 19.8 Å². The highest BCUT2D eigenvalue weighted by molar-refractivity contribution is 5.79. The number of urea groups is 1. The van der Waals surface area contributed by atoms with Gasteiger partial charge < -0.3 is 20.5 Å². The molecule has 1 aliphatic heterocycles. The third kappa shape index (κ3) is 4.10. The Kier molecular flexibility index (Phi) is 5.39. The number of carbonyl (C=O) groups is 2. The average Bonchev–Trinajstić information content (AvgIpc) is 2.36. The van der Waals surface area contributed by atoms with E-state index in [1.165, 1.54) is 0 Å². The van der Waals surface area contributed by atoms with E-state index in [0.717, 1.165) is 26.1 Å². The molecule has 0 aromatic rings. The van der Waals surface area contributed by atoms with Crippen molar-refractivity contribution in [2.24, 2.45) is 11.3 Å². The number of hydrogen-bond acceptors (Lipinski definition) is 3. The van der Waals surface area contributed by atoms with E-state index in [1.54, 1.807) is 27.7 Å². The van der Waals surface area contributed by atoms with Gasteiger partial charge >= 0.3 is 12.0 Å². The van der Waals surface area contributed by atoms with Crippen molar-refractivity contribution < 1.29 is 19.4 Å². The zero-order valence-corrected chi connectivity index (χ0v) is 12.8. The van der Waals surface area contributed by atoms with Gasteiger partial charge in [0.15, 0.2) is 0 Å². The summed E-state index contributed by atoms with van der Waals surface area (Å²) in [5, 5.41) is 14.8. The Labute approximate surface area is 120 Å². The second kappa shape index (κ2) is 6.43. The van der Waals surface area contributed by atoms with Crippen LogP contribution in [0.2, 0.25) is 0 Å². The van der Waals surface area contributed by atoms with Crippen LogP contribution in [0.5, 0.6) is 0 Å². The van der Waals surface area contributed by atoms with E-state index in [9.17, 15) is 14.7 Å². The topological polar surface area (TPSA) is 87.7 Å². The molecular weight excluding hydrogens is 260 g/mol. The second-order valence-corrected chi connectivity index (χ2v) is 6.45. The largest absolute Gasteiger partial charge is 0.481 e. The molecule has 2 amide bonds. The molecule has 1 saturated heterocycles. The number of nitrogens with one attached hydrogen (secondary N) is 2. The molecule has 0 radical (unpaired) electrons. The highest BCUT2D eigenvalue weighted by atomic mass is 16.5. The zero-order valence-electron chi connectivity index (χ0n) is 12.8. The molecule has 6 heteroatoms. The molecule has 1 fully saturated rings. The molecule has 3 N–H and O–H groups in total. The Morgan fingerprint density at radius 2 is 1.75 bits per heavy atom. The molecule has 0 bridgehead atoms. The molecule has 20 heavy (non-hydrogen) atoms. The maximum absolute atomic E-state index is 11.9. The van der Waals surface area contributed by atoms with Gasteiger partial charge in [-0.15, -0.1) is 0 Å². The van der Waals surface area contributed by atoms with Crippen molar-refractivity contribution in [2.45, 2.75) is 46.1 Å². The van der Waals surface area contributed by atoms with Crippen molar-refractivity contribution in [3.05, 3.63) is 0 Å². The molecule has 0 aliphatic carbocycles. The van der Waals surface area contributed by atoms with Crippen LogP contribution in [0.4, 0.5) is 4.79 Å². The molecule has 1 aliphatic rings. The molecular formula is C14H26N2O4. The Balaban J connectivity index is 2.46. The first-order valence-corrected chi connectivity index (χ1v) is 7.04. The summed E-state index contributed by atoms with van der Waals surface area (Å²) in [6.07, 6.45) is 1.90. The first-order chi connectivity index (χ1) is 9.17. The molecule has 6 nitrogen and oxygen atoms in total. The van der Waals surface area contributed by atoms with E-state index in [2.05, 4.69) is 10.6 Å². The fourth-order valence-corrected chi connectivity index (χ4v) is 1.94. The lowest BCUT2D eigenvalue weighted by molar-refractivity contribution is -0.150. The minimum absolute atomic E-state index is 0.323. The third-order valence-corrected chi connectivity index (χ3v) is 4.42. The second-order valence-electron chi connectivity index (χ2n) is 6.45. The lowest BCUT2D eigenvalue weighted by Gasteiger charge is -2.38. The molecule has 1 rings (SSSR count). The number of carbonyl (C=O) groups excluding carboxylic acids is 1. The Morgan fingerprint density at radius 3 is 2.25 bits per heavy atom. The minimum Gasteiger partial charge on any atom is -0.481 e. The van der Waals surface area contributed by atoms with Crippen LogP contribution in [0.25, 0.3) is 0 Å². The van der Waals surface area contributed by atoms with E-state index in [-0.39, 0.29) is 6.03 Å². The first kappa shape index (κ1) is 16.8. The summed E-state index contributed by atoms with van der Waals surface area (Å²) in [7, 11) is 0. The van der Waals surface area contributed by atoms with Gasteiger partial charge in [-0.05, 0) is 46.5 Å². The predicted molar refractivity (Wildman–Crippen MR) is 75.6 cm³/mol. The van der Waals surface area contributed by atoms with Gasteiger partial charge in [-0.3, -0.25) is 4.79 Å². The van der Waals surface area contributed by atoms with Gasteiger partial charge in [0, 0.05) is 19.8 Å². The Morgan fingerprint density at radius 1 is 1.20 bits per heavy atom. The normalized spacial score (nSPS) is 17.6. The first-order valence-electron chi connectivity index (χ1n) is 7.04. The van der Waals surface area contributed by atoms with Crippen molar-refractivity contribution >= 4 is 12.0 Å². The van der Waals surface area contributed by atoms with E-state index >= 15 is 0 Å². The molecule has 0 aromatic carbocycles. The average molecular weight is 286 g/mol. The SMILES string of the molecule is CC(C)(NC(=O)NCC1CCOCC1)C(C)(C)C(=O)O. The highest BCUT2D eigenvalue weighted by Crippen LogP contribution is 2.30. The van der Waals surface area contributed by atoms with Crippen LogP contribution in [0.3, 0.4) is 0 Å². The molecule has 0 unspecified atom stereocenters. The van der Waals surface area contributed by atoms with Crippen LogP contribution in [0, 0.1) is 11.3 Å². The number of hydrogen-bond donors (Lipinski definition) is 3. The summed E-state index contributed by atoms with van der Waals surface area (Å²) in [5.41, 5.74) is -1.90. The van der Waals surface area contributed by atoms with Crippen molar-refractivity contribution in [3.8, 4) is 0 Å². The van der Waals surface area contributed by atoms with Crippen LogP contribution in [-0.4, -0.2) is 42.4 Å². The summed E-state index contributed by atoms with van der Waals surface area (Å²) in [6, 6.07) is -0.323. The minimum atomic E-state index is -1.05. The molecule has 116 valence electrons. The number of carboxylic acids is 1. The summed E-state index contributed by atoms with van der Waals surface area (Å²) < 4.78 is 5.26. The van der Waals surface area contributed by atoms with Gasteiger partial charge in [0.05, 0.1) is 11.0 Å². The van der Waals surface area contributed by atoms with Crippen molar-refractivity contribution in [1.82, 2.24) is 10.6 Å². The number of aliphatic carboxylic acids is 1. The van der Waals surface area contributed by atoms with Crippen molar-refractivity contribution in [1.29, 1.82) is 0 Å². The van der Waals surface area contributed by atoms with Crippen molar-refractivity contribution in [3.63, 3.8) is 0 Å². The van der Waals surface area contributed by atoms with E-state index in [1.807, 2.05) is 0 Å². The summed E-state index contributed by atoms with van der Waals surface area (Å²) in [5.74, 6) is -0.502. The zero-order chi connectivity index (χ0) is 15.4. The highest BCUT2D eigenvalue weighted by Gasteiger charge is 2.44. The molecule has 0 atom stereocenters. The predicted octanol–water partition coefficient (Wildman–Crippen LogP) is 1.60. The van der Waals surface area contributed by atoms with Gasteiger partial charge in [-0.2, -0.15) is 0 Å². The number of rotatable bonds is 5. The van der Waals surface area contributed by atoms with Crippen LogP contribution in [0.1, 0.15) is 40.5 Å². The number of carboxylic acid groups (broad SMARTS) is 1. The number of amides is 2. The van der Waals surface area contributed by atoms with Gasteiger partial charge in [0.25, 0.3) is 0 Å². The third-order valence-electron chi connectivity index (χ3n) is 4.42. The smallest absolute Gasteiger partial charge is 0.315 e. The van der Waals surface area contributed by atoms with Gasteiger partial charge in [0.2, 0.25) is 0 Å². The molecule has 0 spiro atoms. The summed E-state index contributed by atoms with van der Waals surface area (Å²) in [4.78, 5) is 23.2. The monoisotopic (exact) mass is 286 g/mol. The quantitative estimate of drug-likeness (QED) is 0.716. The Bertz CT molecular complexity index is 360. The van der Waals surface area contributed by atoms with Gasteiger partial charge in [-0.25, -0.2) is 4.79 Å². The lowest BCUT2D eigenvalue weighted by Crippen LogP contribution is -2.59. The van der Waals surface area contributed by atoms with Crippen LogP contribution >= 0.6 is 0 Å². The maximum Gasteiger partial charge on any atom is 0.315 e. The van der Waals surface area contributed by atoms with Crippen LogP contribution < -0.4 is 10.6 Å². The summed E-state index contributed by atoms with van der Waals surface area (Å²) >= 11 is 0. The van der Waals surface area contributed by atoms with Gasteiger partial charge in [-0.1, -0.05) is 0 Å². The number of ether oxygens (including phenoxy) is 1. The van der Waals surface area contributed by atoms with Gasteiger partial charge in [0.1, 0.15) is 0 Å². The molecule has 1 heterocycles. The van der Waals surface area contributed by atoms with Crippen LogP contribution in [-0.2, 0) is 9.53 Å². The van der Waals surface area contributed by atoms with E-state index < -0.39 is 16.9 Å². The fourth-order valence-electron chi connectivity index (χ4n) is 1.94. The molecule has 0 aromatic heterocycles. The Hall–Kier alpha value is -1.30. The maximum atomic E-state index is 11.9. The molecule has 0 saturated carbocycles. The van der Waals surface area contributed by atoms with Crippen LogP contribution in [0.15, 0.2) is 0 Å². The lowest BCUT2D eigenvalue weighted by atomic mass is 9.74. The standard InChI is InChI=1S/C14H26N2O4/c1-13(2,11(17)18)14(3,4)16-12(19)15-9-10-5-7-20-8-6-10/h10H,5-9H2,1-4H3,(H,17,18)(H2,15,16,19).